The summed E-state index contributed by atoms with van der Waals surface area (Å²) in [6.45, 7) is 9.42. The van der Waals surface area contributed by atoms with Crippen LogP contribution in [-0.4, -0.2) is 35.6 Å². The lowest BCUT2D eigenvalue weighted by Gasteiger charge is -2.41. The molecule has 70 valence electrons. The Balaban J connectivity index is 2.02. The van der Waals surface area contributed by atoms with E-state index in [1.807, 2.05) is 0 Å². The molecule has 0 bridgehead atoms. The molecule has 1 N–H and O–H groups in total. The van der Waals surface area contributed by atoms with E-state index in [4.69, 9.17) is 0 Å². The zero-order valence-corrected chi connectivity index (χ0v) is 8.43. The molecular formula is C10H20N2. The van der Waals surface area contributed by atoms with Crippen molar-refractivity contribution in [1.82, 2.24) is 10.2 Å². The fraction of sp³-hybridized carbons (Fsp3) is 1.00. The van der Waals surface area contributed by atoms with Gasteiger partial charge in [0.05, 0.1) is 0 Å². The molecule has 12 heavy (non-hydrogen) atoms. The van der Waals surface area contributed by atoms with Crippen molar-refractivity contribution in [3.63, 3.8) is 0 Å². The second kappa shape index (κ2) is 2.71. The minimum absolute atomic E-state index is 0.565. The third kappa shape index (κ3) is 1.38. The van der Waals surface area contributed by atoms with Crippen LogP contribution in [0.15, 0.2) is 0 Å². The normalized spacial score (nSPS) is 41.2. The predicted molar refractivity (Wildman–Crippen MR) is 51.3 cm³/mol. The zero-order chi connectivity index (χ0) is 8.77. The third-order valence-corrected chi connectivity index (χ3v) is 3.43. The molecule has 2 nitrogen and oxygen atoms in total. The molecular weight excluding hydrogens is 148 g/mol. The van der Waals surface area contributed by atoms with E-state index in [1.54, 1.807) is 0 Å². The molecule has 1 aliphatic carbocycles. The van der Waals surface area contributed by atoms with Crippen molar-refractivity contribution in [2.45, 2.75) is 51.2 Å². The molecule has 0 spiro atoms. The highest BCUT2D eigenvalue weighted by molar-refractivity contribution is 5.03. The minimum Gasteiger partial charge on any atom is -0.311 e. The summed E-state index contributed by atoms with van der Waals surface area (Å²) < 4.78 is 0. The van der Waals surface area contributed by atoms with Gasteiger partial charge in [-0.2, -0.15) is 0 Å². The molecule has 2 unspecified atom stereocenters. The lowest BCUT2D eigenvalue weighted by atomic mass is 10.1. The summed E-state index contributed by atoms with van der Waals surface area (Å²) in [5.74, 6) is 0. The molecule has 2 rings (SSSR count). The van der Waals surface area contributed by atoms with E-state index in [0.717, 1.165) is 12.6 Å². The molecule has 2 heteroatoms. The molecule has 1 aliphatic heterocycles. The van der Waals surface area contributed by atoms with E-state index in [2.05, 4.69) is 31.0 Å². The van der Waals surface area contributed by atoms with Crippen molar-refractivity contribution in [3.05, 3.63) is 0 Å². The van der Waals surface area contributed by atoms with E-state index in [-0.39, 0.29) is 0 Å². The van der Waals surface area contributed by atoms with Gasteiger partial charge in [-0.05, 0) is 33.6 Å². The Labute approximate surface area is 75.3 Å². The summed E-state index contributed by atoms with van der Waals surface area (Å²) in [6, 6.07) is 1.41. The Morgan fingerprint density at radius 1 is 1.33 bits per heavy atom. The Bertz CT molecular complexity index is 175. The van der Waals surface area contributed by atoms with Gasteiger partial charge in [-0.1, -0.05) is 0 Å². The fourth-order valence-electron chi connectivity index (χ4n) is 2.24. The highest BCUT2D eigenvalue weighted by atomic mass is 15.3. The number of rotatable bonds is 1. The first kappa shape index (κ1) is 8.52. The van der Waals surface area contributed by atoms with E-state index in [1.165, 1.54) is 19.4 Å². The molecule has 2 aliphatic rings. The van der Waals surface area contributed by atoms with Crippen LogP contribution in [-0.2, 0) is 0 Å². The van der Waals surface area contributed by atoms with Crippen molar-refractivity contribution in [2.75, 3.05) is 13.1 Å². The number of nitrogens with one attached hydrogen (secondary N) is 1. The minimum atomic E-state index is 0.565. The van der Waals surface area contributed by atoms with Gasteiger partial charge in [0, 0.05) is 30.7 Å². The molecule has 0 aromatic rings. The van der Waals surface area contributed by atoms with E-state index in [0.29, 0.717) is 11.6 Å². The van der Waals surface area contributed by atoms with Crippen LogP contribution < -0.4 is 5.32 Å². The topological polar surface area (TPSA) is 15.3 Å². The van der Waals surface area contributed by atoms with Crippen LogP contribution in [0.5, 0.6) is 0 Å². The summed E-state index contributed by atoms with van der Waals surface area (Å²) in [5, 5.41) is 3.52. The van der Waals surface area contributed by atoms with Crippen LogP contribution in [0, 0.1) is 0 Å². The second-order valence-corrected chi connectivity index (χ2v) is 4.81. The molecule has 0 aromatic carbocycles. The van der Waals surface area contributed by atoms with Crippen LogP contribution in [0.1, 0.15) is 33.6 Å². The van der Waals surface area contributed by atoms with Gasteiger partial charge in [0.2, 0.25) is 0 Å². The summed E-state index contributed by atoms with van der Waals surface area (Å²) >= 11 is 0. The number of hydrogen-bond donors (Lipinski definition) is 1. The van der Waals surface area contributed by atoms with Crippen molar-refractivity contribution in [1.29, 1.82) is 0 Å². The number of nitrogens with zero attached hydrogens (tertiary/aromatic N) is 1. The van der Waals surface area contributed by atoms with Crippen molar-refractivity contribution < 1.29 is 0 Å². The van der Waals surface area contributed by atoms with Crippen LogP contribution in [0.3, 0.4) is 0 Å². The van der Waals surface area contributed by atoms with E-state index >= 15 is 0 Å². The fourth-order valence-corrected chi connectivity index (χ4v) is 2.24. The summed E-state index contributed by atoms with van der Waals surface area (Å²) in [4.78, 5) is 2.69. The van der Waals surface area contributed by atoms with Crippen LogP contribution in [0.4, 0.5) is 0 Å². The lowest BCUT2D eigenvalue weighted by molar-refractivity contribution is 0.0901. The lowest BCUT2D eigenvalue weighted by Crippen LogP contribution is -2.57. The van der Waals surface area contributed by atoms with Crippen LogP contribution in [0.25, 0.3) is 0 Å². The highest BCUT2D eigenvalue weighted by Gasteiger charge is 2.46. The average Bonchev–Trinajstić information content (AvgIpc) is 2.75. The van der Waals surface area contributed by atoms with Crippen LogP contribution >= 0.6 is 0 Å². The van der Waals surface area contributed by atoms with Gasteiger partial charge in [-0.15, -0.1) is 0 Å². The van der Waals surface area contributed by atoms with Gasteiger partial charge in [0.1, 0.15) is 0 Å². The largest absolute Gasteiger partial charge is 0.311 e. The standard InChI is InChI=1S/C10H20N2/c1-8-7-12(9(2)6-11-8)10(3)4-5-10/h8-9,11H,4-7H2,1-3H3. The van der Waals surface area contributed by atoms with Gasteiger partial charge >= 0.3 is 0 Å². The van der Waals surface area contributed by atoms with Gasteiger partial charge in [0.15, 0.2) is 0 Å². The Morgan fingerprint density at radius 2 is 2.00 bits per heavy atom. The highest BCUT2D eigenvalue weighted by Crippen LogP contribution is 2.42. The second-order valence-electron chi connectivity index (χ2n) is 4.81. The molecule has 0 amide bonds. The molecule has 1 heterocycles. The maximum absolute atomic E-state index is 3.52. The van der Waals surface area contributed by atoms with Gasteiger partial charge in [0.25, 0.3) is 0 Å². The maximum Gasteiger partial charge on any atom is 0.0198 e. The molecule has 0 radical (unpaired) electrons. The van der Waals surface area contributed by atoms with Crippen LogP contribution in [0.2, 0.25) is 0 Å². The van der Waals surface area contributed by atoms with Gasteiger partial charge < -0.3 is 5.32 Å². The molecule has 1 saturated heterocycles. The van der Waals surface area contributed by atoms with E-state index < -0.39 is 0 Å². The van der Waals surface area contributed by atoms with Gasteiger partial charge in [-0.25, -0.2) is 0 Å². The monoisotopic (exact) mass is 168 g/mol. The smallest absolute Gasteiger partial charge is 0.0198 e. The summed E-state index contributed by atoms with van der Waals surface area (Å²) in [6.07, 6.45) is 2.81. The van der Waals surface area contributed by atoms with Gasteiger partial charge in [-0.3, -0.25) is 4.90 Å². The quantitative estimate of drug-likeness (QED) is 0.633. The van der Waals surface area contributed by atoms with Crippen molar-refractivity contribution >= 4 is 0 Å². The first-order valence-corrected chi connectivity index (χ1v) is 5.12. The zero-order valence-electron chi connectivity index (χ0n) is 8.43. The van der Waals surface area contributed by atoms with Crippen molar-refractivity contribution in [2.24, 2.45) is 0 Å². The number of hydrogen-bond acceptors (Lipinski definition) is 2. The predicted octanol–water partition coefficient (Wildman–Crippen LogP) is 1.22. The Morgan fingerprint density at radius 3 is 2.58 bits per heavy atom. The Hall–Kier alpha value is -0.0800. The average molecular weight is 168 g/mol. The Kier molecular flexibility index (Phi) is 1.92. The molecule has 2 atom stereocenters. The SMILES string of the molecule is CC1CN(C2(C)CC2)C(C)CN1. The molecule has 1 saturated carbocycles. The maximum atomic E-state index is 3.52. The summed E-state index contributed by atoms with van der Waals surface area (Å²) in [7, 11) is 0. The first-order valence-electron chi connectivity index (χ1n) is 5.12. The summed E-state index contributed by atoms with van der Waals surface area (Å²) in [5.41, 5.74) is 0.565. The van der Waals surface area contributed by atoms with Crippen molar-refractivity contribution in [3.8, 4) is 0 Å². The van der Waals surface area contributed by atoms with E-state index in [9.17, 15) is 0 Å². The third-order valence-electron chi connectivity index (χ3n) is 3.43. The number of piperazine rings is 1. The first-order chi connectivity index (χ1) is 5.62. The molecule has 0 aromatic heterocycles. The molecule has 2 fully saturated rings.